The van der Waals surface area contributed by atoms with Gasteiger partial charge in [0.2, 0.25) is 0 Å². The number of likely N-dealkylation sites (N-methyl/N-ethyl adjacent to an activating group) is 1. The van der Waals surface area contributed by atoms with Crippen molar-refractivity contribution in [3.8, 4) is 11.8 Å². The monoisotopic (exact) mass is 478 g/mol. The third kappa shape index (κ3) is 3.62. The molecule has 2 aromatic rings. The molecular weight excluding hydrogens is 452 g/mol. The fourth-order valence-corrected chi connectivity index (χ4v) is 5.21. The van der Waals surface area contributed by atoms with Crippen molar-refractivity contribution in [2.24, 2.45) is 0 Å². The molecule has 0 aromatic heterocycles. The number of benzene rings is 2. The van der Waals surface area contributed by atoms with E-state index in [1.807, 2.05) is 30.3 Å². The molecule has 0 bridgehead atoms. The van der Waals surface area contributed by atoms with Crippen LogP contribution in [-0.4, -0.2) is 36.9 Å². The number of carbonyl (C=O) groups excluding carboxylic acids is 1. The number of halogens is 1. The molecule has 5 heteroatoms. The molecule has 0 atom stereocenters. The maximum atomic E-state index is 13.5. The molecule has 4 nitrogen and oxygen atoms in total. The van der Waals surface area contributed by atoms with Crippen LogP contribution in [0.4, 0.5) is 0 Å². The van der Waals surface area contributed by atoms with Gasteiger partial charge in [-0.3, -0.25) is 4.79 Å². The van der Waals surface area contributed by atoms with Gasteiger partial charge in [-0.15, -0.1) is 0 Å². The molecule has 0 amide bonds. The lowest BCUT2D eigenvalue weighted by molar-refractivity contribution is 0.105. The normalized spacial score (nSPS) is 16.1. The molecule has 0 fully saturated rings. The van der Waals surface area contributed by atoms with Gasteiger partial charge in [-0.1, -0.05) is 27.7 Å². The van der Waals surface area contributed by atoms with E-state index in [0.29, 0.717) is 18.6 Å². The minimum absolute atomic E-state index is 0.0642. The predicted molar refractivity (Wildman–Crippen MR) is 127 cm³/mol. The van der Waals surface area contributed by atoms with Crippen molar-refractivity contribution in [3.63, 3.8) is 0 Å². The Labute approximate surface area is 192 Å². The molecule has 2 aliphatic rings. The van der Waals surface area contributed by atoms with Gasteiger partial charge in [-0.2, -0.15) is 5.26 Å². The smallest absolute Gasteiger partial charge is 0.193 e. The van der Waals surface area contributed by atoms with E-state index in [2.05, 4.69) is 54.6 Å². The summed E-state index contributed by atoms with van der Waals surface area (Å²) in [5, 5.41) is 9.39. The minimum atomic E-state index is -0.297. The van der Waals surface area contributed by atoms with E-state index in [0.717, 1.165) is 63.3 Å². The summed E-state index contributed by atoms with van der Waals surface area (Å²) < 4.78 is 6.77. The number of rotatable bonds is 6. The zero-order chi connectivity index (χ0) is 22.3. The Bertz CT molecular complexity index is 1140. The molecule has 0 saturated carbocycles. The summed E-state index contributed by atoms with van der Waals surface area (Å²) in [4.78, 5) is 15.8. The number of ketones is 1. The zero-order valence-electron chi connectivity index (χ0n) is 18.5. The molecule has 0 spiro atoms. The van der Waals surface area contributed by atoms with Gasteiger partial charge in [-0.05, 0) is 88.0 Å². The SMILES string of the molecule is CCN(CC)CCOc1ccc2c(c1)C(C)(C)C1=C(C2=O)c2cc(Br)c(C#N)cc2C1. The Morgan fingerprint density at radius 1 is 1.16 bits per heavy atom. The van der Waals surface area contributed by atoms with E-state index in [9.17, 15) is 10.1 Å². The number of fused-ring (bicyclic) bond motifs is 3. The Morgan fingerprint density at radius 3 is 2.58 bits per heavy atom. The molecule has 2 aliphatic carbocycles. The fourth-order valence-electron chi connectivity index (χ4n) is 4.77. The summed E-state index contributed by atoms with van der Waals surface area (Å²) in [7, 11) is 0. The van der Waals surface area contributed by atoms with Crippen LogP contribution in [0.1, 0.15) is 60.3 Å². The van der Waals surface area contributed by atoms with Crippen molar-refractivity contribution in [2.75, 3.05) is 26.2 Å². The van der Waals surface area contributed by atoms with Gasteiger partial charge in [0, 0.05) is 27.6 Å². The molecule has 4 rings (SSSR count). The van der Waals surface area contributed by atoms with Crippen molar-refractivity contribution in [2.45, 2.75) is 39.5 Å². The van der Waals surface area contributed by atoms with Crippen LogP contribution in [0.25, 0.3) is 5.57 Å². The Balaban J connectivity index is 1.67. The number of hydrogen-bond donors (Lipinski definition) is 0. The molecule has 0 heterocycles. The highest BCUT2D eigenvalue weighted by Crippen LogP contribution is 2.51. The second-order valence-electron chi connectivity index (χ2n) is 8.67. The van der Waals surface area contributed by atoms with Gasteiger partial charge < -0.3 is 9.64 Å². The number of hydrogen-bond acceptors (Lipinski definition) is 4. The molecular formula is C26H27BrN2O2. The molecule has 0 radical (unpaired) electrons. The Morgan fingerprint density at radius 2 is 1.90 bits per heavy atom. The number of allylic oxidation sites excluding steroid dienone is 2. The van der Waals surface area contributed by atoms with E-state index in [1.54, 1.807) is 0 Å². The number of nitriles is 1. The van der Waals surface area contributed by atoms with Crippen molar-refractivity contribution in [1.29, 1.82) is 5.26 Å². The van der Waals surface area contributed by atoms with Crippen LogP contribution in [0.15, 0.2) is 40.4 Å². The lowest BCUT2D eigenvalue weighted by Gasteiger charge is -2.34. The predicted octanol–water partition coefficient (Wildman–Crippen LogP) is 5.53. The summed E-state index contributed by atoms with van der Waals surface area (Å²) in [6.45, 7) is 12.2. The number of nitrogens with zero attached hydrogens (tertiary/aromatic N) is 2. The van der Waals surface area contributed by atoms with Crippen LogP contribution in [-0.2, 0) is 11.8 Å². The number of carbonyl (C=O) groups is 1. The maximum absolute atomic E-state index is 13.5. The van der Waals surface area contributed by atoms with E-state index in [1.165, 1.54) is 0 Å². The van der Waals surface area contributed by atoms with E-state index in [-0.39, 0.29) is 11.2 Å². The van der Waals surface area contributed by atoms with Crippen LogP contribution in [0.5, 0.6) is 5.75 Å². The van der Waals surface area contributed by atoms with Crippen LogP contribution in [0, 0.1) is 11.3 Å². The molecule has 2 aromatic carbocycles. The third-order valence-electron chi connectivity index (χ3n) is 6.71. The van der Waals surface area contributed by atoms with Gasteiger partial charge in [0.15, 0.2) is 5.78 Å². The molecule has 0 saturated heterocycles. The topological polar surface area (TPSA) is 53.3 Å². The summed E-state index contributed by atoms with van der Waals surface area (Å²) in [5.41, 5.74) is 5.99. The summed E-state index contributed by atoms with van der Waals surface area (Å²) in [6.07, 6.45) is 0.692. The third-order valence-corrected chi connectivity index (χ3v) is 7.37. The lowest BCUT2D eigenvalue weighted by atomic mass is 9.68. The summed E-state index contributed by atoms with van der Waals surface area (Å²) >= 11 is 3.48. The highest BCUT2D eigenvalue weighted by molar-refractivity contribution is 9.10. The summed E-state index contributed by atoms with van der Waals surface area (Å²) in [5.74, 6) is 0.871. The van der Waals surface area contributed by atoms with E-state index >= 15 is 0 Å². The first-order valence-corrected chi connectivity index (χ1v) is 11.6. The van der Waals surface area contributed by atoms with Gasteiger partial charge in [0.1, 0.15) is 18.4 Å². The fraction of sp³-hybridized carbons (Fsp3) is 0.385. The standard InChI is InChI=1S/C26H27BrN2O2/c1-5-29(6-2)9-10-31-18-7-8-19-21(13-18)26(3,4)22-12-16-11-17(15-28)23(27)14-20(16)24(22)25(19)30/h7-8,11,13-14H,5-6,9-10,12H2,1-4H3. The zero-order valence-corrected chi connectivity index (χ0v) is 20.1. The first-order valence-electron chi connectivity index (χ1n) is 10.8. The molecule has 0 unspecified atom stereocenters. The average molecular weight is 479 g/mol. The van der Waals surface area contributed by atoms with E-state index in [4.69, 9.17) is 4.74 Å². The van der Waals surface area contributed by atoms with Crippen molar-refractivity contribution < 1.29 is 9.53 Å². The number of Topliss-reactive ketones (excluding diaryl/α,β-unsaturated/α-hetero) is 1. The highest BCUT2D eigenvalue weighted by Gasteiger charge is 2.43. The molecule has 31 heavy (non-hydrogen) atoms. The lowest BCUT2D eigenvalue weighted by Crippen LogP contribution is -2.30. The summed E-state index contributed by atoms with van der Waals surface area (Å²) in [6, 6.07) is 11.9. The first kappa shape index (κ1) is 21.8. The van der Waals surface area contributed by atoms with Crippen LogP contribution in [0.2, 0.25) is 0 Å². The highest BCUT2D eigenvalue weighted by atomic mass is 79.9. The largest absolute Gasteiger partial charge is 0.492 e. The molecule has 0 N–H and O–H groups in total. The van der Waals surface area contributed by atoms with Gasteiger partial charge >= 0.3 is 0 Å². The second-order valence-corrected chi connectivity index (χ2v) is 9.52. The number of ether oxygens (including phenoxy) is 1. The quantitative estimate of drug-likeness (QED) is 0.547. The van der Waals surface area contributed by atoms with Crippen LogP contribution in [0.3, 0.4) is 0 Å². The van der Waals surface area contributed by atoms with Gasteiger partial charge in [0.05, 0.1) is 5.56 Å². The second kappa shape index (κ2) is 8.26. The molecule has 0 aliphatic heterocycles. The van der Waals surface area contributed by atoms with E-state index < -0.39 is 0 Å². The Kier molecular flexibility index (Phi) is 5.81. The van der Waals surface area contributed by atoms with Crippen molar-refractivity contribution in [3.05, 3.63) is 68.2 Å². The average Bonchev–Trinajstić information content (AvgIpc) is 3.14. The van der Waals surface area contributed by atoms with Crippen molar-refractivity contribution >= 4 is 27.3 Å². The van der Waals surface area contributed by atoms with Crippen LogP contribution >= 0.6 is 15.9 Å². The van der Waals surface area contributed by atoms with Crippen molar-refractivity contribution in [1.82, 2.24) is 4.90 Å². The maximum Gasteiger partial charge on any atom is 0.193 e. The van der Waals surface area contributed by atoms with Crippen LogP contribution < -0.4 is 4.74 Å². The molecule has 160 valence electrons. The Hall–Kier alpha value is -2.42. The first-order chi connectivity index (χ1) is 14.8. The van der Waals surface area contributed by atoms with Gasteiger partial charge in [-0.25, -0.2) is 0 Å². The minimum Gasteiger partial charge on any atom is -0.492 e. The van der Waals surface area contributed by atoms with Gasteiger partial charge in [0.25, 0.3) is 0 Å².